The molecule has 0 fully saturated rings. The molecule has 0 aliphatic heterocycles. The molecule has 2 aromatic rings. The Hall–Kier alpha value is -1.42. The van der Waals surface area contributed by atoms with E-state index in [1.807, 2.05) is 6.92 Å². The van der Waals surface area contributed by atoms with Crippen LogP contribution in [0.1, 0.15) is 5.56 Å². The van der Waals surface area contributed by atoms with Crippen molar-refractivity contribution in [2.75, 3.05) is 17.2 Å². The largest absolute Gasteiger partial charge is 0.375 e. The Labute approximate surface area is 138 Å². The van der Waals surface area contributed by atoms with E-state index in [1.165, 1.54) is 0 Å². The van der Waals surface area contributed by atoms with Gasteiger partial charge in [-0.15, -0.1) is 0 Å². The fourth-order valence-corrected chi connectivity index (χ4v) is 2.47. The molecule has 21 heavy (non-hydrogen) atoms. The number of amides is 1. The van der Waals surface area contributed by atoms with Crippen LogP contribution in [-0.4, -0.2) is 12.5 Å². The summed E-state index contributed by atoms with van der Waals surface area (Å²) in [4.78, 5) is 11.9. The first-order valence-corrected chi connectivity index (χ1v) is 7.34. The fourth-order valence-electron chi connectivity index (χ4n) is 1.77. The van der Waals surface area contributed by atoms with Crippen LogP contribution in [0.4, 0.5) is 11.4 Å². The minimum absolute atomic E-state index is 0.101. The minimum Gasteiger partial charge on any atom is -0.375 e. The third-order valence-electron chi connectivity index (χ3n) is 2.83. The van der Waals surface area contributed by atoms with Crippen LogP contribution in [0.25, 0.3) is 0 Å². The molecule has 2 N–H and O–H groups in total. The number of hydrogen-bond donors (Lipinski definition) is 2. The van der Waals surface area contributed by atoms with E-state index in [4.69, 9.17) is 34.8 Å². The van der Waals surface area contributed by atoms with Gasteiger partial charge in [0.25, 0.3) is 0 Å². The first kappa shape index (κ1) is 16.0. The van der Waals surface area contributed by atoms with E-state index >= 15 is 0 Å². The van der Waals surface area contributed by atoms with Gasteiger partial charge in [-0.2, -0.15) is 0 Å². The van der Waals surface area contributed by atoms with E-state index < -0.39 is 0 Å². The summed E-state index contributed by atoms with van der Waals surface area (Å²) in [6.45, 7) is 1.98. The summed E-state index contributed by atoms with van der Waals surface area (Å²) in [5, 5.41) is 7.43. The van der Waals surface area contributed by atoms with E-state index in [9.17, 15) is 4.79 Å². The highest BCUT2D eigenvalue weighted by Crippen LogP contribution is 2.25. The normalized spacial score (nSPS) is 10.3. The molecule has 6 heteroatoms. The molecule has 3 nitrogen and oxygen atoms in total. The fraction of sp³-hybridized carbons (Fsp3) is 0.133. The number of hydrogen-bond acceptors (Lipinski definition) is 2. The summed E-state index contributed by atoms with van der Waals surface area (Å²) in [5.74, 6) is -0.175. The van der Waals surface area contributed by atoms with Gasteiger partial charge in [0.05, 0.1) is 17.3 Å². The summed E-state index contributed by atoms with van der Waals surface area (Å²) in [6, 6.07) is 10.3. The predicted molar refractivity (Wildman–Crippen MR) is 89.8 cm³/mol. The van der Waals surface area contributed by atoms with Gasteiger partial charge in [-0.1, -0.05) is 34.8 Å². The summed E-state index contributed by atoms with van der Waals surface area (Å²) in [5.41, 5.74) is 2.29. The second kappa shape index (κ2) is 7.03. The topological polar surface area (TPSA) is 41.1 Å². The molecule has 0 saturated heterocycles. The van der Waals surface area contributed by atoms with Gasteiger partial charge in [0.2, 0.25) is 5.91 Å². The Morgan fingerprint density at radius 2 is 1.62 bits per heavy atom. The van der Waals surface area contributed by atoms with E-state index in [0.29, 0.717) is 20.8 Å². The molecule has 2 rings (SSSR count). The van der Waals surface area contributed by atoms with E-state index in [-0.39, 0.29) is 12.5 Å². The zero-order chi connectivity index (χ0) is 15.4. The Balaban J connectivity index is 1.96. The summed E-state index contributed by atoms with van der Waals surface area (Å²) >= 11 is 17.7. The maximum atomic E-state index is 11.9. The number of aryl methyl sites for hydroxylation is 1. The zero-order valence-electron chi connectivity index (χ0n) is 11.2. The third-order valence-corrected chi connectivity index (χ3v) is 3.62. The Kier molecular flexibility index (Phi) is 5.34. The molecule has 0 aromatic heterocycles. The van der Waals surface area contributed by atoms with Crippen LogP contribution >= 0.6 is 34.8 Å². The Bertz CT molecular complexity index is 674. The first-order valence-electron chi connectivity index (χ1n) is 6.20. The van der Waals surface area contributed by atoms with Gasteiger partial charge in [0.15, 0.2) is 0 Å². The molecule has 110 valence electrons. The number of halogens is 3. The summed E-state index contributed by atoms with van der Waals surface area (Å²) < 4.78 is 0. The van der Waals surface area contributed by atoms with Gasteiger partial charge in [-0.05, 0) is 48.9 Å². The van der Waals surface area contributed by atoms with Crippen LogP contribution in [0.3, 0.4) is 0 Å². The smallest absolute Gasteiger partial charge is 0.243 e. The summed E-state index contributed by atoms with van der Waals surface area (Å²) in [6.07, 6.45) is 0. The molecule has 0 radical (unpaired) electrons. The van der Waals surface area contributed by atoms with Crippen LogP contribution in [-0.2, 0) is 4.79 Å². The quantitative estimate of drug-likeness (QED) is 0.819. The van der Waals surface area contributed by atoms with Crippen molar-refractivity contribution < 1.29 is 4.79 Å². The van der Waals surface area contributed by atoms with Gasteiger partial charge < -0.3 is 10.6 Å². The van der Waals surface area contributed by atoms with E-state index in [2.05, 4.69) is 10.6 Å². The lowest BCUT2D eigenvalue weighted by Crippen LogP contribution is -2.22. The number of carbonyl (C=O) groups is 1. The highest BCUT2D eigenvalue weighted by molar-refractivity contribution is 6.36. The van der Waals surface area contributed by atoms with Crippen molar-refractivity contribution in [3.05, 3.63) is 57.0 Å². The average molecular weight is 344 g/mol. The Morgan fingerprint density at radius 1 is 1.00 bits per heavy atom. The van der Waals surface area contributed by atoms with Gasteiger partial charge in [-0.25, -0.2) is 0 Å². The predicted octanol–water partition coefficient (Wildman–Crippen LogP) is 5.01. The van der Waals surface area contributed by atoms with Crippen molar-refractivity contribution in [1.29, 1.82) is 0 Å². The molecule has 0 unspecified atom stereocenters. The number of anilines is 2. The number of benzene rings is 2. The van der Waals surface area contributed by atoms with Crippen LogP contribution in [0.5, 0.6) is 0 Å². The molecule has 0 atom stereocenters. The average Bonchev–Trinajstić information content (AvgIpc) is 2.41. The van der Waals surface area contributed by atoms with Crippen LogP contribution in [0.2, 0.25) is 15.1 Å². The maximum absolute atomic E-state index is 11.9. The molecule has 0 spiro atoms. The molecule has 1 amide bonds. The van der Waals surface area contributed by atoms with Gasteiger partial charge in [-0.3, -0.25) is 4.79 Å². The standard InChI is InChI=1S/C15H13Cl3N2O/c1-9-6-10(16)2-4-13(9)20-15(21)8-19-14-5-3-11(17)7-12(14)18/h2-7,19H,8H2,1H3,(H,20,21). The minimum atomic E-state index is -0.175. The lowest BCUT2D eigenvalue weighted by Gasteiger charge is -2.11. The number of nitrogens with one attached hydrogen (secondary N) is 2. The highest BCUT2D eigenvalue weighted by Gasteiger charge is 2.07. The van der Waals surface area contributed by atoms with Gasteiger partial charge >= 0.3 is 0 Å². The molecule has 2 aromatic carbocycles. The molecular weight excluding hydrogens is 331 g/mol. The molecule has 0 aliphatic carbocycles. The number of rotatable bonds is 4. The molecule has 0 heterocycles. The maximum Gasteiger partial charge on any atom is 0.243 e. The lowest BCUT2D eigenvalue weighted by molar-refractivity contribution is -0.114. The van der Waals surface area contributed by atoms with Crippen molar-refractivity contribution >= 4 is 52.1 Å². The van der Waals surface area contributed by atoms with Gasteiger partial charge in [0.1, 0.15) is 0 Å². The van der Waals surface area contributed by atoms with Crippen molar-refractivity contribution in [3.63, 3.8) is 0 Å². The van der Waals surface area contributed by atoms with Gasteiger partial charge in [0, 0.05) is 15.7 Å². The second-order valence-electron chi connectivity index (χ2n) is 4.49. The SMILES string of the molecule is Cc1cc(Cl)ccc1NC(=O)CNc1ccc(Cl)cc1Cl. The lowest BCUT2D eigenvalue weighted by atomic mass is 10.2. The molecule has 0 aliphatic rings. The third kappa shape index (κ3) is 4.53. The zero-order valence-corrected chi connectivity index (χ0v) is 13.5. The summed E-state index contributed by atoms with van der Waals surface area (Å²) in [7, 11) is 0. The van der Waals surface area contributed by atoms with Crippen LogP contribution in [0.15, 0.2) is 36.4 Å². The van der Waals surface area contributed by atoms with E-state index in [0.717, 1.165) is 11.3 Å². The second-order valence-corrected chi connectivity index (χ2v) is 5.77. The first-order chi connectivity index (χ1) is 9.95. The molecule has 0 saturated carbocycles. The molecular formula is C15H13Cl3N2O. The van der Waals surface area contributed by atoms with Crippen LogP contribution < -0.4 is 10.6 Å². The monoisotopic (exact) mass is 342 g/mol. The molecule has 0 bridgehead atoms. The number of carbonyl (C=O) groups excluding carboxylic acids is 1. The van der Waals surface area contributed by atoms with E-state index in [1.54, 1.807) is 36.4 Å². The van der Waals surface area contributed by atoms with Crippen molar-refractivity contribution in [2.24, 2.45) is 0 Å². The van der Waals surface area contributed by atoms with Crippen molar-refractivity contribution in [1.82, 2.24) is 0 Å². The van der Waals surface area contributed by atoms with Crippen LogP contribution in [0, 0.1) is 6.92 Å². The van der Waals surface area contributed by atoms with Crippen molar-refractivity contribution in [3.8, 4) is 0 Å². The highest BCUT2D eigenvalue weighted by atomic mass is 35.5. The Morgan fingerprint density at radius 3 is 2.24 bits per heavy atom. The van der Waals surface area contributed by atoms with Crippen molar-refractivity contribution in [2.45, 2.75) is 6.92 Å².